The number of anilines is 1. The molecule has 1 heterocycles. The largest absolute Gasteiger partial charge is 0.496 e. The number of hydrogen-bond donors (Lipinski definition) is 1. The summed E-state index contributed by atoms with van der Waals surface area (Å²) < 4.78 is 6.22. The van der Waals surface area contributed by atoms with Crippen molar-refractivity contribution in [3.8, 4) is 5.75 Å². The summed E-state index contributed by atoms with van der Waals surface area (Å²) in [5.41, 5.74) is 3.74. The number of hydrazone groups is 1. The Bertz CT molecular complexity index is 543. The molecule has 1 aromatic carbocycles. The van der Waals surface area contributed by atoms with E-state index in [9.17, 15) is 0 Å². The SMILES string of the molecule is COc1ccc(Br)cc1/C=N\Nc1ccccn1. The Balaban J connectivity index is 2.11. The van der Waals surface area contributed by atoms with Gasteiger partial charge in [-0.1, -0.05) is 22.0 Å². The zero-order valence-corrected chi connectivity index (χ0v) is 11.4. The van der Waals surface area contributed by atoms with Gasteiger partial charge in [-0.15, -0.1) is 0 Å². The van der Waals surface area contributed by atoms with E-state index in [2.05, 4.69) is 31.4 Å². The number of ether oxygens (including phenoxy) is 1. The second-order valence-corrected chi connectivity index (χ2v) is 4.39. The number of nitrogens with zero attached hydrogens (tertiary/aromatic N) is 2. The van der Waals surface area contributed by atoms with E-state index in [0.29, 0.717) is 5.82 Å². The van der Waals surface area contributed by atoms with Gasteiger partial charge in [-0.25, -0.2) is 4.98 Å². The van der Waals surface area contributed by atoms with Crippen LogP contribution in [0.5, 0.6) is 5.75 Å². The lowest BCUT2D eigenvalue weighted by atomic mass is 10.2. The van der Waals surface area contributed by atoms with Gasteiger partial charge < -0.3 is 4.74 Å². The maximum Gasteiger partial charge on any atom is 0.146 e. The Morgan fingerprint density at radius 1 is 1.33 bits per heavy atom. The van der Waals surface area contributed by atoms with Crippen LogP contribution in [0.1, 0.15) is 5.56 Å². The van der Waals surface area contributed by atoms with Crippen LogP contribution in [0.25, 0.3) is 0 Å². The Hall–Kier alpha value is -1.88. The van der Waals surface area contributed by atoms with Crippen molar-refractivity contribution in [2.75, 3.05) is 12.5 Å². The zero-order chi connectivity index (χ0) is 12.8. The molecule has 0 atom stereocenters. The second-order valence-electron chi connectivity index (χ2n) is 3.47. The first-order chi connectivity index (χ1) is 8.79. The first-order valence-electron chi connectivity index (χ1n) is 5.33. The highest BCUT2D eigenvalue weighted by atomic mass is 79.9. The number of benzene rings is 1. The smallest absolute Gasteiger partial charge is 0.146 e. The third kappa shape index (κ3) is 3.30. The second kappa shape index (κ2) is 6.16. The summed E-state index contributed by atoms with van der Waals surface area (Å²) in [5, 5.41) is 4.12. The van der Waals surface area contributed by atoms with Crippen LogP contribution in [0.15, 0.2) is 52.2 Å². The molecule has 0 bridgehead atoms. The lowest BCUT2D eigenvalue weighted by Gasteiger charge is -2.04. The maximum atomic E-state index is 5.25. The third-order valence-corrected chi connectivity index (χ3v) is 2.73. The van der Waals surface area contributed by atoms with Crippen molar-refractivity contribution in [2.45, 2.75) is 0 Å². The summed E-state index contributed by atoms with van der Waals surface area (Å²) in [7, 11) is 1.63. The number of halogens is 1. The molecular formula is C13H12BrN3O. The van der Waals surface area contributed by atoms with E-state index in [-0.39, 0.29) is 0 Å². The topological polar surface area (TPSA) is 46.5 Å². The van der Waals surface area contributed by atoms with Crippen LogP contribution < -0.4 is 10.2 Å². The van der Waals surface area contributed by atoms with Gasteiger partial charge in [0.25, 0.3) is 0 Å². The Kier molecular flexibility index (Phi) is 4.30. The standard InChI is InChI=1S/C13H12BrN3O/c1-18-12-6-5-11(14)8-10(12)9-16-17-13-4-2-3-7-15-13/h2-9H,1H3,(H,15,17)/b16-9-. The molecule has 18 heavy (non-hydrogen) atoms. The van der Waals surface area contributed by atoms with E-state index in [4.69, 9.17) is 4.74 Å². The molecule has 0 fully saturated rings. The van der Waals surface area contributed by atoms with Crippen LogP contribution in [0.4, 0.5) is 5.82 Å². The van der Waals surface area contributed by atoms with E-state index < -0.39 is 0 Å². The molecule has 1 aromatic heterocycles. The van der Waals surface area contributed by atoms with Crippen molar-refractivity contribution < 1.29 is 4.74 Å². The molecule has 0 radical (unpaired) electrons. The van der Waals surface area contributed by atoms with Crippen molar-refractivity contribution in [1.29, 1.82) is 0 Å². The molecule has 0 aliphatic rings. The quantitative estimate of drug-likeness (QED) is 0.696. The molecule has 0 amide bonds. The van der Waals surface area contributed by atoms with Crippen molar-refractivity contribution in [1.82, 2.24) is 4.98 Å². The number of pyridine rings is 1. The van der Waals surface area contributed by atoms with E-state index in [1.807, 2.05) is 36.4 Å². The fraction of sp³-hybridized carbons (Fsp3) is 0.0769. The Morgan fingerprint density at radius 2 is 2.22 bits per heavy atom. The van der Waals surface area contributed by atoms with Gasteiger partial charge in [0.15, 0.2) is 0 Å². The predicted octanol–water partition coefficient (Wildman–Crippen LogP) is 3.30. The molecule has 2 aromatic rings. The fourth-order valence-electron chi connectivity index (χ4n) is 1.40. The molecule has 0 aliphatic heterocycles. The fourth-order valence-corrected chi connectivity index (χ4v) is 1.78. The molecule has 0 unspecified atom stereocenters. The predicted molar refractivity (Wildman–Crippen MR) is 76.1 cm³/mol. The minimum Gasteiger partial charge on any atom is -0.496 e. The summed E-state index contributed by atoms with van der Waals surface area (Å²) in [6.45, 7) is 0. The number of hydrogen-bond acceptors (Lipinski definition) is 4. The van der Waals surface area contributed by atoms with Crippen LogP contribution in [-0.4, -0.2) is 18.3 Å². The Morgan fingerprint density at radius 3 is 2.94 bits per heavy atom. The molecule has 0 saturated heterocycles. The minimum absolute atomic E-state index is 0.697. The van der Waals surface area contributed by atoms with Gasteiger partial charge >= 0.3 is 0 Å². The van der Waals surface area contributed by atoms with Crippen molar-refractivity contribution >= 4 is 28.0 Å². The molecule has 92 valence electrons. The maximum absolute atomic E-state index is 5.25. The van der Waals surface area contributed by atoms with Gasteiger partial charge in [0.2, 0.25) is 0 Å². The van der Waals surface area contributed by atoms with Crippen LogP contribution in [-0.2, 0) is 0 Å². The highest BCUT2D eigenvalue weighted by Crippen LogP contribution is 2.21. The molecule has 2 rings (SSSR count). The summed E-state index contributed by atoms with van der Waals surface area (Å²) >= 11 is 3.41. The highest BCUT2D eigenvalue weighted by molar-refractivity contribution is 9.10. The van der Waals surface area contributed by atoms with Crippen molar-refractivity contribution in [3.63, 3.8) is 0 Å². The minimum atomic E-state index is 0.697. The molecule has 1 N–H and O–H groups in total. The van der Waals surface area contributed by atoms with Gasteiger partial charge in [0.05, 0.1) is 13.3 Å². The van der Waals surface area contributed by atoms with Gasteiger partial charge in [0, 0.05) is 16.2 Å². The number of nitrogens with one attached hydrogen (secondary N) is 1. The monoisotopic (exact) mass is 305 g/mol. The average molecular weight is 306 g/mol. The van der Waals surface area contributed by atoms with Crippen molar-refractivity contribution in [3.05, 3.63) is 52.6 Å². The lowest BCUT2D eigenvalue weighted by Crippen LogP contribution is -1.95. The zero-order valence-electron chi connectivity index (χ0n) is 9.80. The number of aromatic nitrogens is 1. The molecule has 0 saturated carbocycles. The van der Waals surface area contributed by atoms with Crippen LogP contribution in [0.2, 0.25) is 0 Å². The number of methoxy groups -OCH3 is 1. The summed E-state index contributed by atoms with van der Waals surface area (Å²) in [5.74, 6) is 1.47. The normalized spacial score (nSPS) is 10.6. The lowest BCUT2D eigenvalue weighted by molar-refractivity contribution is 0.414. The summed E-state index contributed by atoms with van der Waals surface area (Å²) in [6, 6.07) is 11.3. The van der Waals surface area contributed by atoms with E-state index in [1.54, 1.807) is 19.5 Å². The Labute approximate surface area is 114 Å². The third-order valence-electron chi connectivity index (χ3n) is 2.24. The van der Waals surface area contributed by atoms with Gasteiger partial charge in [-0.3, -0.25) is 5.43 Å². The van der Waals surface area contributed by atoms with Gasteiger partial charge in [0.1, 0.15) is 11.6 Å². The number of rotatable bonds is 4. The summed E-state index contributed by atoms with van der Waals surface area (Å²) in [6.07, 6.45) is 3.40. The van der Waals surface area contributed by atoms with Crippen molar-refractivity contribution in [2.24, 2.45) is 5.10 Å². The van der Waals surface area contributed by atoms with Crippen LogP contribution >= 0.6 is 15.9 Å². The molecule has 4 nitrogen and oxygen atoms in total. The van der Waals surface area contributed by atoms with Crippen LogP contribution in [0, 0.1) is 0 Å². The highest BCUT2D eigenvalue weighted by Gasteiger charge is 2.00. The molecule has 5 heteroatoms. The van der Waals surface area contributed by atoms with Gasteiger partial charge in [-0.05, 0) is 30.3 Å². The first kappa shape index (κ1) is 12.6. The first-order valence-corrected chi connectivity index (χ1v) is 6.12. The van der Waals surface area contributed by atoms with E-state index in [1.165, 1.54) is 0 Å². The van der Waals surface area contributed by atoms with E-state index in [0.717, 1.165) is 15.8 Å². The summed E-state index contributed by atoms with van der Waals surface area (Å²) in [4.78, 5) is 4.10. The molecule has 0 aliphatic carbocycles. The molecule has 0 spiro atoms. The van der Waals surface area contributed by atoms with Crippen LogP contribution in [0.3, 0.4) is 0 Å². The average Bonchev–Trinajstić information content (AvgIpc) is 2.40. The molecular weight excluding hydrogens is 294 g/mol. The van der Waals surface area contributed by atoms with Gasteiger partial charge in [-0.2, -0.15) is 5.10 Å². The van der Waals surface area contributed by atoms with E-state index >= 15 is 0 Å².